The number of ether oxygens (including phenoxy) is 1. The highest BCUT2D eigenvalue weighted by Crippen LogP contribution is 2.26. The van der Waals surface area contributed by atoms with Gasteiger partial charge in [0.1, 0.15) is 11.6 Å². The summed E-state index contributed by atoms with van der Waals surface area (Å²) >= 11 is 6.07. The molecule has 1 aromatic carbocycles. The van der Waals surface area contributed by atoms with Crippen LogP contribution in [0, 0.1) is 6.92 Å². The zero-order chi connectivity index (χ0) is 16.7. The van der Waals surface area contributed by atoms with E-state index in [9.17, 15) is 0 Å². The van der Waals surface area contributed by atoms with E-state index in [4.69, 9.17) is 22.1 Å². The van der Waals surface area contributed by atoms with Crippen LogP contribution in [0.25, 0.3) is 0 Å². The fourth-order valence-electron chi connectivity index (χ4n) is 2.17. The highest BCUT2D eigenvalue weighted by Gasteiger charge is 2.02. The summed E-state index contributed by atoms with van der Waals surface area (Å²) in [7, 11) is 1.58. The van der Waals surface area contributed by atoms with Crippen LogP contribution in [-0.4, -0.2) is 29.2 Å². The lowest BCUT2D eigenvalue weighted by molar-refractivity contribution is 0.415. The Morgan fingerprint density at radius 3 is 2.83 bits per heavy atom. The lowest BCUT2D eigenvalue weighted by Gasteiger charge is -2.08. The molecule has 132 valence electrons. The van der Waals surface area contributed by atoms with Crippen LogP contribution in [0.5, 0.6) is 5.75 Å². The maximum absolute atomic E-state index is 6.07. The predicted molar refractivity (Wildman–Crippen MR) is 110 cm³/mol. The van der Waals surface area contributed by atoms with Crippen LogP contribution in [0.3, 0.4) is 0 Å². The number of nitrogens with zero attached hydrogens (tertiary/aromatic N) is 3. The maximum atomic E-state index is 6.07. The van der Waals surface area contributed by atoms with E-state index in [1.807, 2.05) is 25.4 Å². The van der Waals surface area contributed by atoms with Crippen LogP contribution in [0.15, 0.2) is 35.6 Å². The molecule has 0 bridgehead atoms. The van der Waals surface area contributed by atoms with Crippen molar-refractivity contribution < 1.29 is 4.74 Å². The molecule has 0 atom stereocenters. The first-order chi connectivity index (χ1) is 11.1. The number of imidazole rings is 1. The number of aromatic nitrogens is 2. The van der Waals surface area contributed by atoms with Gasteiger partial charge in [0.15, 0.2) is 5.96 Å². The summed E-state index contributed by atoms with van der Waals surface area (Å²) in [5.74, 6) is 2.04. The first-order valence-corrected chi connectivity index (χ1v) is 7.86. The fraction of sp³-hybridized carbons (Fsp3) is 0.375. The summed E-state index contributed by atoms with van der Waals surface area (Å²) in [4.78, 5) is 8.51. The van der Waals surface area contributed by atoms with Gasteiger partial charge in [-0.15, -0.1) is 24.0 Å². The van der Waals surface area contributed by atoms with Crippen LogP contribution in [0.1, 0.15) is 18.7 Å². The van der Waals surface area contributed by atoms with Gasteiger partial charge >= 0.3 is 0 Å². The van der Waals surface area contributed by atoms with Gasteiger partial charge < -0.3 is 20.4 Å². The number of halogens is 2. The Hall–Kier alpha value is -1.48. The van der Waals surface area contributed by atoms with E-state index in [2.05, 4.69) is 19.9 Å². The number of hydrogen-bond acceptors (Lipinski definition) is 3. The number of aryl methyl sites for hydroxylation is 2. The summed E-state index contributed by atoms with van der Waals surface area (Å²) in [5, 5.41) is 3.55. The molecule has 8 heteroatoms. The summed E-state index contributed by atoms with van der Waals surface area (Å²) in [6.07, 6.45) is 5.79. The van der Waals surface area contributed by atoms with Gasteiger partial charge in [-0.05, 0) is 38.0 Å². The number of methoxy groups -OCH3 is 1. The topological polar surface area (TPSA) is 77.5 Å². The Balaban J connectivity index is 0.00000288. The number of nitrogens with one attached hydrogen (secondary N) is 1. The molecule has 0 radical (unpaired) electrons. The normalized spacial score (nSPS) is 11.0. The maximum Gasteiger partial charge on any atom is 0.193 e. The fourth-order valence-corrected chi connectivity index (χ4v) is 2.42. The van der Waals surface area contributed by atoms with Gasteiger partial charge in [0.25, 0.3) is 0 Å². The predicted octanol–water partition coefficient (Wildman–Crippen LogP) is 3.68. The van der Waals surface area contributed by atoms with Crippen molar-refractivity contribution in [2.75, 3.05) is 19.0 Å². The zero-order valence-electron chi connectivity index (χ0n) is 13.8. The van der Waals surface area contributed by atoms with Crippen molar-refractivity contribution in [3.05, 3.63) is 41.4 Å². The SMILES string of the molecule is COc1ccc(NC(N)=NCCCCn2ccnc2C)cc1Cl.I. The minimum absolute atomic E-state index is 0. The van der Waals surface area contributed by atoms with Gasteiger partial charge in [-0.25, -0.2) is 4.98 Å². The number of anilines is 1. The number of guanidine groups is 1. The third-order valence-electron chi connectivity index (χ3n) is 3.44. The minimum Gasteiger partial charge on any atom is -0.495 e. The van der Waals surface area contributed by atoms with E-state index in [-0.39, 0.29) is 24.0 Å². The molecule has 1 heterocycles. The zero-order valence-corrected chi connectivity index (χ0v) is 16.9. The monoisotopic (exact) mass is 463 g/mol. The van der Waals surface area contributed by atoms with Gasteiger partial charge in [0, 0.05) is 31.2 Å². The highest BCUT2D eigenvalue weighted by atomic mass is 127. The second-order valence-electron chi connectivity index (χ2n) is 5.12. The summed E-state index contributed by atoms with van der Waals surface area (Å²) < 4.78 is 7.24. The van der Waals surface area contributed by atoms with Gasteiger partial charge in [0.2, 0.25) is 0 Å². The van der Waals surface area contributed by atoms with Crippen LogP contribution in [0.4, 0.5) is 5.69 Å². The largest absolute Gasteiger partial charge is 0.495 e. The average molecular weight is 464 g/mol. The Morgan fingerprint density at radius 1 is 1.42 bits per heavy atom. The van der Waals surface area contributed by atoms with Crippen molar-refractivity contribution in [2.24, 2.45) is 10.7 Å². The van der Waals surface area contributed by atoms with E-state index in [0.29, 0.717) is 23.3 Å². The Morgan fingerprint density at radius 2 is 2.21 bits per heavy atom. The third kappa shape index (κ3) is 6.20. The van der Waals surface area contributed by atoms with Crippen molar-refractivity contribution in [3.8, 4) is 5.75 Å². The molecule has 24 heavy (non-hydrogen) atoms. The third-order valence-corrected chi connectivity index (χ3v) is 3.73. The van der Waals surface area contributed by atoms with Crippen molar-refractivity contribution in [3.63, 3.8) is 0 Å². The molecule has 0 unspecified atom stereocenters. The molecular weight excluding hydrogens is 441 g/mol. The molecule has 2 rings (SSSR count). The van der Waals surface area contributed by atoms with Gasteiger partial charge in [-0.3, -0.25) is 4.99 Å². The quantitative estimate of drug-likeness (QED) is 0.284. The van der Waals surface area contributed by atoms with Gasteiger partial charge in [-0.2, -0.15) is 0 Å². The molecule has 0 spiro atoms. The number of benzene rings is 1. The molecule has 0 fully saturated rings. The van der Waals surface area contributed by atoms with Crippen LogP contribution >= 0.6 is 35.6 Å². The molecule has 1 aromatic heterocycles. The molecule has 0 aliphatic carbocycles. The molecule has 3 N–H and O–H groups in total. The van der Waals surface area contributed by atoms with Crippen molar-refractivity contribution in [1.82, 2.24) is 9.55 Å². The van der Waals surface area contributed by atoms with Gasteiger partial charge in [0.05, 0.1) is 12.1 Å². The van der Waals surface area contributed by atoms with Crippen molar-refractivity contribution in [2.45, 2.75) is 26.3 Å². The molecular formula is C16H23ClIN5O. The van der Waals surface area contributed by atoms with Crippen LogP contribution in [0.2, 0.25) is 5.02 Å². The Labute approximate surface area is 164 Å². The average Bonchev–Trinajstić information content (AvgIpc) is 2.92. The lowest BCUT2D eigenvalue weighted by atomic mass is 10.3. The standard InChI is InChI=1S/C16H22ClN5O.HI/c1-12-19-8-10-22(12)9-4-3-7-20-16(18)21-13-5-6-15(23-2)14(17)11-13;/h5-6,8,10-11H,3-4,7,9H2,1-2H3,(H3,18,20,21);1H. The lowest BCUT2D eigenvalue weighted by Crippen LogP contribution is -2.22. The Bertz CT molecular complexity index is 674. The van der Waals surface area contributed by atoms with Gasteiger partial charge in [-0.1, -0.05) is 11.6 Å². The first kappa shape index (κ1) is 20.6. The second-order valence-corrected chi connectivity index (χ2v) is 5.52. The molecule has 2 aromatic rings. The summed E-state index contributed by atoms with van der Waals surface area (Å²) in [5.41, 5.74) is 6.66. The second kappa shape index (κ2) is 10.4. The van der Waals surface area contributed by atoms with E-state index in [0.717, 1.165) is 30.9 Å². The molecule has 0 aliphatic rings. The summed E-state index contributed by atoms with van der Waals surface area (Å²) in [6, 6.07) is 5.38. The van der Waals surface area contributed by atoms with E-state index < -0.39 is 0 Å². The number of unbranched alkanes of at least 4 members (excludes halogenated alkanes) is 1. The number of aliphatic imine (C=N–C) groups is 1. The van der Waals surface area contributed by atoms with Crippen molar-refractivity contribution >= 4 is 47.2 Å². The smallest absolute Gasteiger partial charge is 0.193 e. The van der Waals surface area contributed by atoms with E-state index in [1.165, 1.54) is 0 Å². The van der Waals surface area contributed by atoms with Crippen LogP contribution < -0.4 is 15.8 Å². The number of nitrogens with two attached hydrogens (primary N) is 1. The minimum atomic E-state index is 0. The highest BCUT2D eigenvalue weighted by molar-refractivity contribution is 14.0. The number of rotatable bonds is 7. The Kier molecular flexibility index (Phi) is 8.91. The van der Waals surface area contributed by atoms with Crippen LogP contribution in [-0.2, 0) is 6.54 Å². The number of hydrogen-bond donors (Lipinski definition) is 2. The summed E-state index contributed by atoms with van der Waals surface area (Å²) in [6.45, 7) is 3.62. The van der Waals surface area contributed by atoms with E-state index >= 15 is 0 Å². The molecule has 6 nitrogen and oxygen atoms in total. The molecule has 0 saturated carbocycles. The molecule has 0 aliphatic heterocycles. The molecule has 0 saturated heterocycles. The first-order valence-electron chi connectivity index (χ1n) is 7.48. The molecule has 0 amide bonds. The van der Waals surface area contributed by atoms with Crippen molar-refractivity contribution in [1.29, 1.82) is 0 Å². The van der Waals surface area contributed by atoms with E-state index in [1.54, 1.807) is 19.2 Å².